The Morgan fingerprint density at radius 1 is 1.19 bits per heavy atom. The summed E-state index contributed by atoms with van der Waals surface area (Å²) in [5.74, 6) is -0.810. The second kappa shape index (κ2) is 10.9. The lowest BCUT2D eigenvalue weighted by Crippen LogP contribution is -2.57. The molecule has 164 valence electrons. The monoisotopic (exact) mass is 488 g/mol. The Kier molecular flexibility index (Phi) is 8.06. The first kappa shape index (κ1) is 22.8. The molecule has 1 saturated heterocycles. The fraction of sp³-hybridized carbons (Fsp3) is 0.348. The fourth-order valence-electron chi connectivity index (χ4n) is 3.41. The van der Waals surface area contributed by atoms with Crippen LogP contribution in [0.1, 0.15) is 29.3 Å². The van der Waals surface area contributed by atoms with Gasteiger partial charge in [0.25, 0.3) is 5.91 Å². The summed E-state index contributed by atoms with van der Waals surface area (Å²) in [6.07, 6.45) is 0.381. The van der Waals surface area contributed by atoms with Gasteiger partial charge in [0, 0.05) is 24.0 Å². The van der Waals surface area contributed by atoms with Crippen molar-refractivity contribution in [2.45, 2.75) is 25.8 Å². The molecule has 0 bridgehead atoms. The van der Waals surface area contributed by atoms with Gasteiger partial charge in [-0.1, -0.05) is 46.3 Å². The molecule has 1 atom stereocenters. The Labute approximate surface area is 189 Å². The van der Waals surface area contributed by atoms with Crippen LogP contribution in [-0.2, 0) is 20.7 Å². The summed E-state index contributed by atoms with van der Waals surface area (Å²) >= 11 is 3.37. The first-order valence-corrected chi connectivity index (χ1v) is 11.0. The number of halogens is 1. The van der Waals surface area contributed by atoms with Crippen LogP contribution in [0.25, 0.3) is 0 Å². The van der Waals surface area contributed by atoms with Gasteiger partial charge in [0.15, 0.2) is 0 Å². The van der Waals surface area contributed by atoms with Crippen molar-refractivity contribution in [1.29, 1.82) is 0 Å². The molecule has 1 heterocycles. The minimum absolute atomic E-state index is 0.204. The zero-order valence-corrected chi connectivity index (χ0v) is 18.9. The lowest BCUT2D eigenvalue weighted by atomic mass is 10.1. The van der Waals surface area contributed by atoms with E-state index < -0.39 is 12.0 Å². The van der Waals surface area contributed by atoms with Gasteiger partial charge in [0.2, 0.25) is 5.91 Å². The lowest BCUT2D eigenvalue weighted by molar-refractivity contribution is -0.147. The number of nitrogens with zero attached hydrogens (tertiary/aromatic N) is 1. The number of nitrogens with one attached hydrogen (secondary N) is 1. The second-order valence-corrected chi connectivity index (χ2v) is 7.95. The predicted octanol–water partition coefficient (Wildman–Crippen LogP) is 2.96. The molecule has 1 fully saturated rings. The molecule has 31 heavy (non-hydrogen) atoms. The van der Waals surface area contributed by atoms with E-state index in [1.54, 1.807) is 18.2 Å². The fourth-order valence-corrected chi connectivity index (χ4v) is 3.77. The smallest absolute Gasteiger partial charge is 0.308 e. The molecule has 2 amide bonds. The van der Waals surface area contributed by atoms with Crippen LogP contribution in [0.5, 0.6) is 5.75 Å². The van der Waals surface area contributed by atoms with E-state index in [4.69, 9.17) is 9.47 Å². The highest BCUT2D eigenvalue weighted by atomic mass is 79.9. The molecule has 0 saturated carbocycles. The molecule has 7 nitrogen and oxygen atoms in total. The maximum Gasteiger partial charge on any atom is 0.308 e. The number of benzene rings is 2. The molecule has 1 aliphatic heterocycles. The number of carbonyl (C=O) groups is 3. The minimum atomic E-state index is -0.932. The first-order chi connectivity index (χ1) is 15.0. The highest BCUT2D eigenvalue weighted by Gasteiger charge is 2.36. The van der Waals surface area contributed by atoms with Gasteiger partial charge in [-0.25, -0.2) is 0 Å². The van der Waals surface area contributed by atoms with Crippen molar-refractivity contribution in [3.8, 4) is 5.75 Å². The zero-order valence-electron chi connectivity index (χ0n) is 17.3. The van der Waals surface area contributed by atoms with Crippen LogP contribution < -0.4 is 10.1 Å². The number of hydrogen-bond donors (Lipinski definition) is 1. The van der Waals surface area contributed by atoms with Gasteiger partial charge in [-0.3, -0.25) is 14.4 Å². The van der Waals surface area contributed by atoms with Crippen molar-refractivity contribution >= 4 is 33.7 Å². The first-order valence-electron chi connectivity index (χ1n) is 10.2. The van der Waals surface area contributed by atoms with Crippen molar-refractivity contribution in [3.05, 3.63) is 64.1 Å². The Morgan fingerprint density at radius 2 is 1.97 bits per heavy atom. The van der Waals surface area contributed by atoms with E-state index in [1.807, 2.05) is 37.3 Å². The molecule has 8 heteroatoms. The summed E-state index contributed by atoms with van der Waals surface area (Å²) in [5, 5.41) is 2.73. The summed E-state index contributed by atoms with van der Waals surface area (Å²) in [6, 6.07) is 13.9. The summed E-state index contributed by atoms with van der Waals surface area (Å²) in [6.45, 7) is 3.07. The van der Waals surface area contributed by atoms with Crippen LogP contribution in [0.3, 0.4) is 0 Å². The van der Waals surface area contributed by atoms with Crippen LogP contribution >= 0.6 is 15.9 Å². The van der Waals surface area contributed by atoms with Gasteiger partial charge in [-0.05, 0) is 30.7 Å². The molecule has 3 rings (SSSR count). The number of ether oxygens (including phenoxy) is 2. The second-order valence-electron chi connectivity index (χ2n) is 7.04. The average molecular weight is 489 g/mol. The standard InChI is InChI=1S/C23H25BrN2O5/c1-2-30-20-9-8-17(24)14-18(20)23(29)26-12-11-25-22(28)19(26)15-21(27)31-13-10-16-6-4-3-5-7-16/h3-9,14,19H,2,10-13,15H2,1H3,(H,25,28). The highest BCUT2D eigenvalue weighted by Crippen LogP contribution is 2.26. The van der Waals surface area contributed by atoms with Crippen LogP contribution in [-0.4, -0.2) is 55.0 Å². The summed E-state index contributed by atoms with van der Waals surface area (Å²) in [7, 11) is 0. The number of amides is 2. The third-order valence-electron chi connectivity index (χ3n) is 4.92. The lowest BCUT2D eigenvalue weighted by Gasteiger charge is -2.35. The van der Waals surface area contributed by atoms with E-state index in [-0.39, 0.29) is 24.8 Å². The van der Waals surface area contributed by atoms with Crippen molar-refractivity contribution in [2.75, 3.05) is 26.3 Å². The number of carbonyl (C=O) groups excluding carboxylic acids is 3. The molecule has 1 unspecified atom stereocenters. The summed E-state index contributed by atoms with van der Waals surface area (Å²) < 4.78 is 11.6. The number of rotatable bonds is 8. The largest absolute Gasteiger partial charge is 0.493 e. The third-order valence-corrected chi connectivity index (χ3v) is 5.41. The van der Waals surface area contributed by atoms with Crippen LogP contribution in [0.2, 0.25) is 0 Å². The molecule has 1 aliphatic rings. The van der Waals surface area contributed by atoms with Gasteiger partial charge in [0.1, 0.15) is 11.8 Å². The zero-order chi connectivity index (χ0) is 22.2. The van der Waals surface area contributed by atoms with Gasteiger partial charge >= 0.3 is 5.97 Å². The van der Waals surface area contributed by atoms with Gasteiger partial charge in [-0.15, -0.1) is 0 Å². The van der Waals surface area contributed by atoms with E-state index in [9.17, 15) is 14.4 Å². The van der Waals surface area contributed by atoms with Gasteiger partial charge in [-0.2, -0.15) is 0 Å². The average Bonchev–Trinajstić information content (AvgIpc) is 2.77. The van der Waals surface area contributed by atoms with Crippen molar-refractivity contribution in [1.82, 2.24) is 10.2 Å². The number of piperazine rings is 1. The summed E-state index contributed by atoms with van der Waals surface area (Å²) in [4.78, 5) is 39.6. The van der Waals surface area contributed by atoms with Gasteiger partial charge < -0.3 is 19.7 Å². The van der Waals surface area contributed by atoms with Crippen LogP contribution in [0, 0.1) is 0 Å². The Balaban J connectivity index is 1.68. The maximum atomic E-state index is 13.3. The molecule has 0 aromatic heterocycles. The molecule has 1 N–H and O–H groups in total. The molecule has 2 aromatic carbocycles. The van der Waals surface area contributed by atoms with Crippen molar-refractivity contribution < 1.29 is 23.9 Å². The molecule has 0 spiro atoms. The van der Waals surface area contributed by atoms with E-state index in [1.165, 1.54) is 4.90 Å². The molecule has 0 aliphatic carbocycles. The topological polar surface area (TPSA) is 84.9 Å². The predicted molar refractivity (Wildman–Crippen MR) is 119 cm³/mol. The molecular weight excluding hydrogens is 464 g/mol. The Morgan fingerprint density at radius 3 is 2.71 bits per heavy atom. The van der Waals surface area contributed by atoms with Crippen LogP contribution in [0.4, 0.5) is 0 Å². The third kappa shape index (κ3) is 6.07. The quantitative estimate of drug-likeness (QED) is 0.577. The van der Waals surface area contributed by atoms with E-state index in [2.05, 4.69) is 21.2 Å². The van der Waals surface area contributed by atoms with E-state index in [0.717, 1.165) is 10.0 Å². The van der Waals surface area contributed by atoms with Crippen molar-refractivity contribution in [3.63, 3.8) is 0 Å². The van der Waals surface area contributed by atoms with E-state index >= 15 is 0 Å². The molecular formula is C23H25BrN2O5. The van der Waals surface area contributed by atoms with Crippen LogP contribution in [0.15, 0.2) is 53.0 Å². The SMILES string of the molecule is CCOc1ccc(Br)cc1C(=O)N1CCNC(=O)C1CC(=O)OCCc1ccccc1. The summed E-state index contributed by atoms with van der Waals surface area (Å²) in [5.41, 5.74) is 1.40. The normalized spacial score (nSPS) is 15.9. The van der Waals surface area contributed by atoms with Crippen molar-refractivity contribution in [2.24, 2.45) is 0 Å². The highest BCUT2D eigenvalue weighted by molar-refractivity contribution is 9.10. The maximum absolute atomic E-state index is 13.3. The molecule has 2 aromatic rings. The molecule has 0 radical (unpaired) electrons. The number of hydrogen-bond acceptors (Lipinski definition) is 5. The Bertz CT molecular complexity index is 935. The van der Waals surface area contributed by atoms with Gasteiger partial charge in [0.05, 0.1) is 25.2 Å². The Hall–Kier alpha value is -2.87. The number of esters is 1. The minimum Gasteiger partial charge on any atom is -0.493 e. The van der Waals surface area contributed by atoms with E-state index in [0.29, 0.717) is 37.4 Å².